The molecule has 0 aliphatic carbocycles. The van der Waals surface area contributed by atoms with E-state index < -0.39 is 0 Å². The van der Waals surface area contributed by atoms with E-state index in [4.69, 9.17) is 0 Å². The van der Waals surface area contributed by atoms with Gasteiger partial charge in [0.05, 0.1) is 0 Å². The molecule has 0 aliphatic heterocycles. The topological polar surface area (TPSA) is 0 Å². The van der Waals surface area contributed by atoms with Gasteiger partial charge in [0.2, 0.25) is 0 Å². The minimum Gasteiger partial charge on any atom is -0.0984 e. The normalized spacial score (nSPS) is 11.5. The molecule has 0 aromatic heterocycles. The lowest BCUT2D eigenvalue weighted by atomic mass is 10.1. The SMILES string of the molecule is C=CS/C(=C\C)c1cc(C)cc(C)c1. The number of benzene rings is 1. The Balaban J connectivity index is 3.10. The van der Waals surface area contributed by atoms with Gasteiger partial charge in [-0.2, -0.15) is 0 Å². The highest BCUT2D eigenvalue weighted by Gasteiger charge is 2.00. The fourth-order valence-electron chi connectivity index (χ4n) is 1.51. The molecule has 0 saturated carbocycles. The maximum Gasteiger partial charge on any atom is 0.0146 e. The molecule has 0 spiro atoms. The summed E-state index contributed by atoms with van der Waals surface area (Å²) in [6.07, 6.45) is 2.13. The second-order valence-electron chi connectivity index (χ2n) is 3.31. The van der Waals surface area contributed by atoms with Crippen LogP contribution in [-0.4, -0.2) is 0 Å². The van der Waals surface area contributed by atoms with Gasteiger partial charge in [0.25, 0.3) is 0 Å². The maximum atomic E-state index is 3.74. The summed E-state index contributed by atoms with van der Waals surface area (Å²) in [6, 6.07) is 6.60. The van der Waals surface area contributed by atoms with Crippen LogP contribution in [0.4, 0.5) is 0 Å². The summed E-state index contributed by atoms with van der Waals surface area (Å²) in [4.78, 5) is 1.27. The zero-order valence-electron chi connectivity index (χ0n) is 9.00. The van der Waals surface area contributed by atoms with Crippen molar-refractivity contribution in [2.75, 3.05) is 0 Å². The average molecular weight is 204 g/mol. The van der Waals surface area contributed by atoms with E-state index in [9.17, 15) is 0 Å². The predicted octanol–water partition coefficient (Wildman–Crippen LogP) is 4.54. The standard InChI is InChI=1S/C13H16S/c1-5-13(14-6-2)12-8-10(3)7-11(4)9-12/h5-9H,2H2,1,3-4H3/b13-5-. The quantitative estimate of drug-likeness (QED) is 0.696. The van der Waals surface area contributed by atoms with E-state index in [2.05, 4.69) is 51.6 Å². The Bertz CT molecular complexity index is 341. The van der Waals surface area contributed by atoms with E-state index in [0.717, 1.165) is 0 Å². The van der Waals surface area contributed by atoms with Crippen molar-refractivity contribution >= 4 is 16.7 Å². The van der Waals surface area contributed by atoms with Gasteiger partial charge in [-0.25, -0.2) is 0 Å². The van der Waals surface area contributed by atoms with Gasteiger partial charge in [-0.3, -0.25) is 0 Å². The number of hydrogen-bond acceptors (Lipinski definition) is 1. The molecule has 0 aliphatic rings. The highest BCUT2D eigenvalue weighted by atomic mass is 32.2. The van der Waals surface area contributed by atoms with E-state index in [1.807, 2.05) is 5.41 Å². The minimum absolute atomic E-state index is 1.27. The van der Waals surface area contributed by atoms with Crippen LogP contribution in [0.5, 0.6) is 0 Å². The summed E-state index contributed by atoms with van der Waals surface area (Å²) >= 11 is 1.67. The van der Waals surface area contributed by atoms with Gasteiger partial charge >= 0.3 is 0 Å². The number of hydrogen-bond donors (Lipinski definition) is 0. The second kappa shape index (κ2) is 5.06. The van der Waals surface area contributed by atoms with E-state index >= 15 is 0 Å². The van der Waals surface area contributed by atoms with Crippen molar-refractivity contribution in [2.24, 2.45) is 0 Å². The highest BCUT2D eigenvalue weighted by molar-refractivity contribution is 8.10. The van der Waals surface area contributed by atoms with Gasteiger partial charge in [0.1, 0.15) is 0 Å². The molecule has 0 atom stereocenters. The summed E-state index contributed by atoms with van der Waals surface area (Å²) in [5, 5.41) is 1.87. The van der Waals surface area contributed by atoms with Crippen molar-refractivity contribution in [3.63, 3.8) is 0 Å². The first kappa shape index (κ1) is 11.1. The molecule has 1 heteroatoms. The molecule has 0 nitrogen and oxygen atoms in total. The molecule has 0 unspecified atom stereocenters. The molecular formula is C13H16S. The molecule has 1 rings (SSSR count). The van der Waals surface area contributed by atoms with E-state index in [0.29, 0.717) is 0 Å². The zero-order valence-corrected chi connectivity index (χ0v) is 9.82. The Morgan fingerprint density at radius 1 is 1.21 bits per heavy atom. The lowest BCUT2D eigenvalue weighted by Gasteiger charge is -2.06. The third-order valence-electron chi connectivity index (χ3n) is 1.98. The largest absolute Gasteiger partial charge is 0.0984 e. The molecule has 1 aromatic rings. The highest BCUT2D eigenvalue weighted by Crippen LogP contribution is 2.28. The Labute approximate surface area is 90.7 Å². The van der Waals surface area contributed by atoms with Crippen LogP contribution in [0.15, 0.2) is 36.3 Å². The zero-order chi connectivity index (χ0) is 10.6. The molecule has 0 N–H and O–H groups in total. The van der Waals surface area contributed by atoms with E-state index in [1.54, 1.807) is 11.8 Å². The van der Waals surface area contributed by atoms with Gasteiger partial charge in [-0.15, -0.1) is 0 Å². The van der Waals surface area contributed by atoms with Crippen LogP contribution >= 0.6 is 11.8 Å². The van der Waals surface area contributed by atoms with Crippen molar-refractivity contribution in [3.05, 3.63) is 53.0 Å². The Hall–Kier alpha value is -0.950. The second-order valence-corrected chi connectivity index (χ2v) is 4.32. The molecule has 14 heavy (non-hydrogen) atoms. The number of allylic oxidation sites excluding steroid dienone is 1. The van der Waals surface area contributed by atoms with Gasteiger partial charge in [-0.05, 0) is 31.7 Å². The average Bonchev–Trinajstić information content (AvgIpc) is 2.12. The number of thioether (sulfide) groups is 1. The number of aryl methyl sites for hydroxylation is 2. The maximum absolute atomic E-state index is 3.74. The van der Waals surface area contributed by atoms with E-state index in [1.165, 1.54) is 21.6 Å². The molecule has 0 saturated heterocycles. The van der Waals surface area contributed by atoms with Crippen LogP contribution in [-0.2, 0) is 0 Å². The van der Waals surface area contributed by atoms with Crippen LogP contribution in [0, 0.1) is 13.8 Å². The van der Waals surface area contributed by atoms with E-state index in [-0.39, 0.29) is 0 Å². The Morgan fingerprint density at radius 2 is 1.79 bits per heavy atom. The Kier molecular flexibility index (Phi) is 4.02. The molecule has 0 amide bonds. The van der Waals surface area contributed by atoms with Crippen LogP contribution in [0.1, 0.15) is 23.6 Å². The van der Waals surface area contributed by atoms with Gasteiger partial charge in [0.15, 0.2) is 0 Å². The van der Waals surface area contributed by atoms with Crippen molar-refractivity contribution < 1.29 is 0 Å². The Morgan fingerprint density at radius 3 is 2.21 bits per heavy atom. The van der Waals surface area contributed by atoms with Crippen LogP contribution in [0.25, 0.3) is 4.91 Å². The molecule has 0 heterocycles. The van der Waals surface area contributed by atoms with Gasteiger partial charge in [-0.1, -0.05) is 53.7 Å². The van der Waals surface area contributed by atoms with Crippen LogP contribution < -0.4 is 0 Å². The summed E-state index contributed by atoms with van der Waals surface area (Å²) in [7, 11) is 0. The molecule has 0 bridgehead atoms. The fraction of sp³-hybridized carbons (Fsp3) is 0.231. The minimum atomic E-state index is 1.27. The third kappa shape index (κ3) is 2.78. The van der Waals surface area contributed by atoms with Crippen LogP contribution in [0.2, 0.25) is 0 Å². The first-order valence-electron chi connectivity index (χ1n) is 4.70. The molecule has 1 aromatic carbocycles. The third-order valence-corrected chi connectivity index (χ3v) is 2.87. The molecule has 0 radical (unpaired) electrons. The summed E-state index contributed by atoms with van der Waals surface area (Å²) in [5.74, 6) is 0. The summed E-state index contributed by atoms with van der Waals surface area (Å²) in [5.41, 5.74) is 3.91. The lowest BCUT2D eigenvalue weighted by molar-refractivity contribution is 1.37. The molecule has 0 fully saturated rings. The van der Waals surface area contributed by atoms with Crippen molar-refractivity contribution in [1.82, 2.24) is 0 Å². The van der Waals surface area contributed by atoms with Gasteiger partial charge < -0.3 is 0 Å². The summed E-state index contributed by atoms with van der Waals surface area (Å²) in [6.45, 7) is 10.1. The predicted molar refractivity (Wildman–Crippen MR) is 67.4 cm³/mol. The monoisotopic (exact) mass is 204 g/mol. The molecular weight excluding hydrogens is 188 g/mol. The van der Waals surface area contributed by atoms with Crippen molar-refractivity contribution in [2.45, 2.75) is 20.8 Å². The van der Waals surface area contributed by atoms with Crippen molar-refractivity contribution in [3.8, 4) is 0 Å². The number of rotatable bonds is 3. The van der Waals surface area contributed by atoms with Crippen molar-refractivity contribution in [1.29, 1.82) is 0 Å². The first-order chi connectivity index (χ1) is 6.67. The molecule has 74 valence electrons. The lowest BCUT2D eigenvalue weighted by Crippen LogP contribution is -1.83. The van der Waals surface area contributed by atoms with Crippen LogP contribution in [0.3, 0.4) is 0 Å². The first-order valence-corrected chi connectivity index (χ1v) is 5.58. The fourth-order valence-corrected chi connectivity index (χ4v) is 2.08. The smallest absolute Gasteiger partial charge is 0.0146 e. The summed E-state index contributed by atoms with van der Waals surface area (Å²) < 4.78 is 0. The van der Waals surface area contributed by atoms with Gasteiger partial charge in [0, 0.05) is 4.91 Å².